The highest BCUT2D eigenvalue weighted by atomic mass is 16.7. The van der Waals surface area contributed by atoms with Crippen LogP contribution in [0.3, 0.4) is 0 Å². The van der Waals surface area contributed by atoms with Gasteiger partial charge < -0.3 is 14.3 Å². The van der Waals surface area contributed by atoms with E-state index in [9.17, 15) is 0 Å². The second kappa shape index (κ2) is 3.23. The first kappa shape index (κ1) is 10.9. The number of ether oxygens (including phenoxy) is 2. The van der Waals surface area contributed by atoms with Gasteiger partial charge in [-0.05, 0) is 30.6 Å². The molecule has 2 spiro atoms. The van der Waals surface area contributed by atoms with Gasteiger partial charge in [-0.25, -0.2) is 0 Å². The largest absolute Gasteiger partial charge is 0.395 e. The van der Waals surface area contributed by atoms with Crippen LogP contribution in [0.4, 0.5) is 0 Å². The summed E-state index contributed by atoms with van der Waals surface area (Å²) in [6, 6.07) is 0. The molecule has 5 aliphatic rings. The van der Waals surface area contributed by atoms with Crippen LogP contribution in [0, 0.1) is 23.2 Å². The first-order valence-electron chi connectivity index (χ1n) is 7.37. The normalized spacial score (nSPS) is 49.2. The molecule has 0 N–H and O–H groups in total. The molecular weight excluding hydrogens is 242 g/mol. The molecule has 0 radical (unpaired) electrons. The van der Waals surface area contributed by atoms with E-state index in [1.54, 1.807) is 0 Å². The van der Waals surface area contributed by atoms with Crippen LogP contribution in [-0.2, 0) is 14.3 Å². The van der Waals surface area contributed by atoms with E-state index in [1.165, 1.54) is 17.7 Å². The Morgan fingerprint density at radius 1 is 1.16 bits per heavy atom. The maximum absolute atomic E-state index is 6.07. The van der Waals surface area contributed by atoms with Crippen LogP contribution in [0.1, 0.15) is 25.7 Å². The summed E-state index contributed by atoms with van der Waals surface area (Å²) in [7, 11) is 0. The molecule has 0 unspecified atom stereocenters. The Bertz CT molecular complexity index is 494. The highest BCUT2D eigenvalue weighted by molar-refractivity contribution is 5.91. The topological polar surface area (TPSA) is 40.0 Å². The highest BCUT2D eigenvalue weighted by Crippen LogP contribution is 2.68. The minimum Gasteiger partial charge on any atom is -0.395 e. The molecule has 2 heterocycles. The van der Waals surface area contributed by atoms with Gasteiger partial charge in [0.15, 0.2) is 5.79 Å². The van der Waals surface area contributed by atoms with Crippen LogP contribution in [0.5, 0.6) is 0 Å². The van der Waals surface area contributed by atoms with Gasteiger partial charge in [-0.1, -0.05) is 17.3 Å². The average molecular weight is 261 g/mol. The molecule has 3 saturated carbocycles. The average Bonchev–Trinajstić information content (AvgIpc) is 3.09. The van der Waals surface area contributed by atoms with Crippen molar-refractivity contribution in [3.63, 3.8) is 0 Å². The van der Waals surface area contributed by atoms with E-state index in [0.717, 1.165) is 39.1 Å². The molecule has 4 atom stereocenters. The maximum Gasteiger partial charge on any atom is 0.175 e. The van der Waals surface area contributed by atoms with Crippen LogP contribution in [0.15, 0.2) is 17.3 Å². The number of nitrogens with zero attached hydrogens (tertiary/aromatic N) is 1. The Hall–Kier alpha value is -0.870. The van der Waals surface area contributed by atoms with E-state index in [1.807, 2.05) is 0 Å². The number of hydrogen-bond acceptors (Lipinski definition) is 4. The number of rotatable bonds is 0. The monoisotopic (exact) mass is 261 g/mol. The lowest BCUT2D eigenvalue weighted by Crippen LogP contribution is -2.48. The first-order valence-corrected chi connectivity index (χ1v) is 7.37. The van der Waals surface area contributed by atoms with Crippen LogP contribution in [-0.4, -0.2) is 31.3 Å². The minimum absolute atomic E-state index is 0.375. The van der Waals surface area contributed by atoms with Gasteiger partial charge in [0.1, 0.15) is 6.61 Å². The van der Waals surface area contributed by atoms with Crippen LogP contribution in [0.25, 0.3) is 0 Å². The van der Waals surface area contributed by atoms with Crippen LogP contribution >= 0.6 is 0 Å². The molecule has 2 aliphatic heterocycles. The molecule has 0 aromatic carbocycles. The summed E-state index contributed by atoms with van der Waals surface area (Å²) in [4.78, 5) is 5.33. The summed E-state index contributed by atoms with van der Waals surface area (Å²) in [5.41, 5.74) is 3.01. The molecule has 2 bridgehead atoms. The van der Waals surface area contributed by atoms with Gasteiger partial charge >= 0.3 is 0 Å². The van der Waals surface area contributed by atoms with Crippen LogP contribution in [0.2, 0.25) is 0 Å². The summed E-state index contributed by atoms with van der Waals surface area (Å²) in [5.74, 6) is 1.12. The molecule has 4 fully saturated rings. The van der Waals surface area contributed by atoms with Crippen molar-refractivity contribution in [2.75, 3.05) is 19.8 Å². The summed E-state index contributed by atoms with van der Waals surface area (Å²) in [5, 5.41) is 4.28. The number of fused-ring (bicyclic) bond motifs is 4. The SMILES string of the molecule is C=C1C[C@@]23CC4=NOC[C@H]4[C@@H]2CC2(OCCO2)[C@@H]1C3. The molecule has 1 saturated heterocycles. The highest BCUT2D eigenvalue weighted by Gasteiger charge is 2.67. The summed E-state index contributed by atoms with van der Waals surface area (Å²) < 4.78 is 12.1. The molecule has 0 amide bonds. The fourth-order valence-electron chi connectivity index (χ4n) is 5.47. The van der Waals surface area contributed by atoms with Gasteiger partial charge in [0, 0.05) is 18.3 Å². The van der Waals surface area contributed by atoms with Crippen molar-refractivity contribution in [3.05, 3.63) is 12.2 Å². The van der Waals surface area contributed by atoms with Crippen molar-refractivity contribution >= 4 is 5.71 Å². The fourth-order valence-corrected chi connectivity index (χ4v) is 5.47. The Labute approximate surface area is 112 Å². The fraction of sp³-hybridized carbons (Fsp3) is 0.800. The molecular formula is C15H19NO3. The van der Waals surface area contributed by atoms with Crippen molar-refractivity contribution < 1.29 is 14.3 Å². The first-order chi connectivity index (χ1) is 9.23. The predicted octanol–water partition coefficient (Wildman–Crippen LogP) is 2.11. The van der Waals surface area contributed by atoms with E-state index in [4.69, 9.17) is 14.3 Å². The zero-order valence-corrected chi connectivity index (χ0v) is 11.1. The van der Waals surface area contributed by atoms with E-state index < -0.39 is 0 Å². The lowest BCUT2D eigenvalue weighted by molar-refractivity contribution is -0.222. The standard InChI is InChI=1S/C15H19NO3/c1-9-4-14-5-11(9)15(17-2-3-18-15)6-12(14)10-8-19-16-13(10)7-14/h10-12H,1-8H2/t10-,11+,12-,14+/m0/s1. The van der Waals surface area contributed by atoms with Gasteiger partial charge in [0.2, 0.25) is 0 Å². The van der Waals surface area contributed by atoms with Crippen molar-refractivity contribution in [1.29, 1.82) is 0 Å². The Morgan fingerprint density at radius 2 is 2.00 bits per heavy atom. The molecule has 5 rings (SSSR count). The van der Waals surface area contributed by atoms with E-state index in [-0.39, 0.29) is 5.79 Å². The summed E-state index contributed by atoms with van der Waals surface area (Å²) in [6.45, 7) is 6.55. The molecule has 4 nitrogen and oxygen atoms in total. The van der Waals surface area contributed by atoms with E-state index in [2.05, 4.69) is 11.7 Å². The van der Waals surface area contributed by atoms with E-state index in [0.29, 0.717) is 23.2 Å². The molecule has 0 aromatic heterocycles. The Kier molecular flexibility index (Phi) is 1.85. The molecule has 0 aromatic rings. The zero-order chi connectivity index (χ0) is 12.7. The smallest absolute Gasteiger partial charge is 0.175 e. The van der Waals surface area contributed by atoms with Crippen molar-refractivity contribution in [1.82, 2.24) is 0 Å². The molecule has 3 aliphatic carbocycles. The lowest BCUT2D eigenvalue weighted by atomic mass is 9.65. The zero-order valence-electron chi connectivity index (χ0n) is 11.1. The Balaban J connectivity index is 1.61. The summed E-state index contributed by atoms with van der Waals surface area (Å²) >= 11 is 0. The van der Waals surface area contributed by atoms with Gasteiger partial charge in [-0.15, -0.1) is 0 Å². The lowest BCUT2D eigenvalue weighted by Gasteiger charge is -2.45. The third kappa shape index (κ3) is 1.16. The predicted molar refractivity (Wildman–Crippen MR) is 68.5 cm³/mol. The molecule has 4 heteroatoms. The van der Waals surface area contributed by atoms with Crippen LogP contribution < -0.4 is 0 Å². The quantitative estimate of drug-likeness (QED) is 0.627. The van der Waals surface area contributed by atoms with Gasteiger partial charge in [-0.2, -0.15) is 0 Å². The maximum atomic E-state index is 6.07. The minimum atomic E-state index is -0.375. The van der Waals surface area contributed by atoms with Crippen molar-refractivity contribution in [3.8, 4) is 0 Å². The Morgan fingerprint density at radius 3 is 2.84 bits per heavy atom. The second-order valence-corrected chi connectivity index (χ2v) is 6.94. The third-order valence-electron chi connectivity index (χ3n) is 6.16. The van der Waals surface area contributed by atoms with Crippen molar-refractivity contribution in [2.45, 2.75) is 31.5 Å². The molecule has 102 valence electrons. The summed E-state index contributed by atoms with van der Waals surface area (Å²) in [6.07, 6.45) is 4.41. The third-order valence-corrected chi connectivity index (χ3v) is 6.16. The van der Waals surface area contributed by atoms with Gasteiger partial charge in [-0.3, -0.25) is 0 Å². The van der Waals surface area contributed by atoms with Crippen molar-refractivity contribution in [2.24, 2.45) is 28.3 Å². The molecule has 19 heavy (non-hydrogen) atoms. The van der Waals surface area contributed by atoms with Gasteiger partial charge in [0.25, 0.3) is 0 Å². The number of oxime groups is 1. The number of hydrogen-bond donors (Lipinski definition) is 0. The second-order valence-electron chi connectivity index (χ2n) is 6.94. The van der Waals surface area contributed by atoms with Gasteiger partial charge in [0.05, 0.1) is 18.9 Å². The van der Waals surface area contributed by atoms with E-state index >= 15 is 0 Å².